The van der Waals surface area contributed by atoms with E-state index in [1.807, 2.05) is 6.07 Å². The van der Waals surface area contributed by atoms with Gasteiger partial charge in [0.05, 0.1) is 8.66 Å². The van der Waals surface area contributed by atoms with Crippen LogP contribution in [0, 0.1) is 13.8 Å². The maximum atomic E-state index is 12.8. The smallest absolute Gasteiger partial charge is 0.264 e. The molecule has 0 spiro atoms. The van der Waals surface area contributed by atoms with Gasteiger partial charge < -0.3 is 9.42 Å². The molecule has 130 valence electrons. The lowest BCUT2D eigenvalue weighted by Gasteiger charge is -2.33. The highest BCUT2D eigenvalue weighted by Crippen LogP contribution is 2.26. The van der Waals surface area contributed by atoms with Gasteiger partial charge >= 0.3 is 0 Å². The van der Waals surface area contributed by atoms with Crippen LogP contribution in [-0.2, 0) is 10.0 Å². The molecule has 0 N–H and O–H groups in total. The SMILES string of the molecule is Cc1noc(C)c1S(=O)(=O)N1CCN(C(=O)c2ccc(Br)s2)CC1. The molecule has 1 saturated heterocycles. The van der Waals surface area contributed by atoms with Crippen molar-refractivity contribution in [2.45, 2.75) is 18.7 Å². The van der Waals surface area contributed by atoms with Gasteiger partial charge in [0.25, 0.3) is 5.91 Å². The highest BCUT2D eigenvalue weighted by Gasteiger charge is 2.34. The minimum atomic E-state index is -3.66. The number of aromatic nitrogens is 1. The summed E-state index contributed by atoms with van der Waals surface area (Å²) in [5.74, 6) is 0.217. The van der Waals surface area contributed by atoms with Gasteiger partial charge in [-0.1, -0.05) is 5.16 Å². The summed E-state index contributed by atoms with van der Waals surface area (Å²) in [5, 5.41) is 3.71. The maximum absolute atomic E-state index is 12.8. The summed E-state index contributed by atoms with van der Waals surface area (Å²) in [6.07, 6.45) is 0. The first-order valence-electron chi connectivity index (χ1n) is 7.28. The van der Waals surface area contributed by atoms with E-state index in [1.165, 1.54) is 15.6 Å². The third kappa shape index (κ3) is 3.15. The lowest BCUT2D eigenvalue weighted by atomic mass is 10.3. The molecule has 0 radical (unpaired) electrons. The molecule has 0 atom stereocenters. The fourth-order valence-corrected chi connectivity index (χ4v) is 5.76. The van der Waals surface area contributed by atoms with Crippen LogP contribution < -0.4 is 0 Å². The summed E-state index contributed by atoms with van der Waals surface area (Å²) in [4.78, 5) is 14.9. The molecule has 3 rings (SSSR count). The highest BCUT2D eigenvalue weighted by atomic mass is 79.9. The first-order valence-corrected chi connectivity index (χ1v) is 10.3. The Kier molecular flexibility index (Phi) is 4.82. The zero-order valence-electron chi connectivity index (χ0n) is 13.2. The Morgan fingerprint density at radius 2 is 1.92 bits per heavy atom. The zero-order valence-corrected chi connectivity index (χ0v) is 16.4. The predicted molar refractivity (Wildman–Crippen MR) is 92.7 cm³/mol. The molecule has 10 heteroatoms. The van der Waals surface area contributed by atoms with Crippen molar-refractivity contribution < 1.29 is 17.7 Å². The Bertz CT molecular complexity index is 847. The largest absolute Gasteiger partial charge is 0.360 e. The number of halogens is 1. The summed E-state index contributed by atoms with van der Waals surface area (Å²) < 4.78 is 32.8. The highest BCUT2D eigenvalue weighted by molar-refractivity contribution is 9.11. The van der Waals surface area contributed by atoms with E-state index >= 15 is 0 Å². The minimum absolute atomic E-state index is 0.0694. The zero-order chi connectivity index (χ0) is 17.5. The lowest BCUT2D eigenvalue weighted by molar-refractivity contribution is 0.0702. The van der Waals surface area contributed by atoms with Gasteiger partial charge in [-0.05, 0) is 41.9 Å². The number of hydrogen-bond acceptors (Lipinski definition) is 6. The number of piperazine rings is 1. The molecular weight excluding hydrogens is 418 g/mol. The molecular formula is C14H16BrN3O4S2. The number of nitrogens with zero attached hydrogens (tertiary/aromatic N) is 3. The summed E-state index contributed by atoms with van der Waals surface area (Å²) >= 11 is 4.71. The molecule has 0 aliphatic carbocycles. The van der Waals surface area contributed by atoms with E-state index in [2.05, 4.69) is 21.1 Å². The summed E-state index contributed by atoms with van der Waals surface area (Å²) in [5.41, 5.74) is 0.356. The summed E-state index contributed by atoms with van der Waals surface area (Å²) in [6.45, 7) is 4.42. The van der Waals surface area contributed by atoms with Crippen molar-refractivity contribution in [1.82, 2.24) is 14.4 Å². The Hall–Kier alpha value is -1.23. The number of aryl methyl sites for hydroxylation is 2. The van der Waals surface area contributed by atoms with Crippen LogP contribution in [0.5, 0.6) is 0 Å². The monoisotopic (exact) mass is 433 g/mol. The van der Waals surface area contributed by atoms with Crippen LogP contribution in [0.25, 0.3) is 0 Å². The Labute approximate surface area is 152 Å². The van der Waals surface area contributed by atoms with Crippen LogP contribution >= 0.6 is 27.3 Å². The molecule has 1 fully saturated rings. The molecule has 1 amide bonds. The van der Waals surface area contributed by atoms with E-state index in [9.17, 15) is 13.2 Å². The van der Waals surface area contributed by atoms with Crippen LogP contribution in [0.4, 0.5) is 0 Å². The number of thiophene rings is 1. The van der Waals surface area contributed by atoms with Crippen molar-refractivity contribution in [3.05, 3.63) is 32.3 Å². The van der Waals surface area contributed by atoms with Crippen molar-refractivity contribution in [1.29, 1.82) is 0 Å². The third-order valence-electron chi connectivity index (χ3n) is 3.88. The van der Waals surface area contributed by atoms with Gasteiger partial charge in [0.1, 0.15) is 10.6 Å². The average Bonchev–Trinajstić information content (AvgIpc) is 3.12. The quantitative estimate of drug-likeness (QED) is 0.740. The van der Waals surface area contributed by atoms with E-state index < -0.39 is 10.0 Å². The maximum Gasteiger partial charge on any atom is 0.264 e. The molecule has 2 aromatic rings. The molecule has 2 aromatic heterocycles. The molecule has 0 bridgehead atoms. The number of sulfonamides is 1. The summed E-state index contributed by atoms with van der Waals surface area (Å²) in [6, 6.07) is 3.60. The van der Waals surface area contributed by atoms with E-state index in [4.69, 9.17) is 4.52 Å². The third-order valence-corrected chi connectivity index (χ3v) is 7.63. The first-order chi connectivity index (χ1) is 11.3. The number of carbonyl (C=O) groups excluding carboxylic acids is 1. The average molecular weight is 434 g/mol. The molecule has 0 unspecified atom stereocenters. The van der Waals surface area contributed by atoms with Crippen molar-refractivity contribution >= 4 is 43.2 Å². The van der Waals surface area contributed by atoms with Crippen LogP contribution in [-0.4, -0.2) is 54.9 Å². The van der Waals surface area contributed by atoms with Crippen molar-refractivity contribution in [2.24, 2.45) is 0 Å². The van der Waals surface area contributed by atoms with Crippen molar-refractivity contribution in [2.75, 3.05) is 26.2 Å². The topological polar surface area (TPSA) is 83.7 Å². The number of rotatable bonds is 3. The Morgan fingerprint density at radius 1 is 1.25 bits per heavy atom. The molecule has 1 aliphatic heterocycles. The molecule has 7 nitrogen and oxygen atoms in total. The molecule has 24 heavy (non-hydrogen) atoms. The summed E-state index contributed by atoms with van der Waals surface area (Å²) in [7, 11) is -3.66. The minimum Gasteiger partial charge on any atom is -0.360 e. The number of hydrogen-bond donors (Lipinski definition) is 0. The van der Waals surface area contributed by atoms with Crippen LogP contribution in [0.15, 0.2) is 25.3 Å². The normalized spacial score (nSPS) is 16.5. The molecule has 1 aliphatic rings. The second kappa shape index (κ2) is 6.58. The van der Waals surface area contributed by atoms with Crippen molar-refractivity contribution in [3.8, 4) is 0 Å². The Morgan fingerprint density at radius 3 is 2.42 bits per heavy atom. The van der Waals surface area contributed by atoms with Gasteiger partial charge in [0.15, 0.2) is 5.76 Å². The number of amides is 1. The standard InChI is InChI=1S/C14H16BrN3O4S2/c1-9-13(10(2)22-16-9)24(20,21)18-7-5-17(6-8-18)14(19)11-3-4-12(15)23-11/h3-4H,5-8H2,1-2H3. The van der Waals surface area contributed by atoms with Crippen LogP contribution in [0.2, 0.25) is 0 Å². The molecule has 0 aromatic carbocycles. The van der Waals surface area contributed by atoms with Gasteiger partial charge in [-0.25, -0.2) is 8.42 Å². The van der Waals surface area contributed by atoms with E-state index in [0.29, 0.717) is 23.7 Å². The lowest BCUT2D eigenvalue weighted by Crippen LogP contribution is -2.50. The van der Waals surface area contributed by atoms with Crippen LogP contribution in [0.3, 0.4) is 0 Å². The van der Waals surface area contributed by atoms with Crippen LogP contribution in [0.1, 0.15) is 21.1 Å². The van der Waals surface area contributed by atoms with Gasteiger partial charge in [-0.15, -0.1) is 11.3 Å². The number of carbonyl (C=O) groups is 1. The van der Waals surface area contributed by atoms with E-state index in [1.54, 1.807) is 24.8 Å². The second-order valence-electron chi connectivity index (χ2n) is 5.45. The Balaban J connectivity index is 1.72. The fourth-order valence-electron chi connectivity index (χ4n) is 2.69. The second-order valence-corrected chi connectivity index (χ2v) is 9.79. The van der Waals surface area contributed by atoms with Gasteiger partial charge in [-0.3, -0.25) is 4.79 Å². The van der Waals surface area contributed by atoms with E-state index in [-0.39, 0.29) is 29.7 Å². The molecule has 3 heterocycles. The van der Waals surface area contributed by atoms with Crippen molar-refractivity contribution in [3.63, 3.8) is 0 Å². The van der Waals surface area contributed by atoms with E-state index in [0.717, 1.165) is 3.79 Å². The fraction of sp³-hybridized carbons (Fsp3) is 0.429. The molecule has 0 saturated carbocycles. The first kappa shape index (κ1) is 17.6. The predicted octanol–water partition coefficient (Wildman–Crippen LogP) is 2.26. The van der Waals surface area contributed by atoms with Gasteiger partial charge in [-0.2, -0.15) is 4.31 Å². The van der Waals surface area contributed by atoms with Gasteiger partial charge in [0, 0.05) is 26.2 Å². The van der Waals surface area contributed by atoms with Gasteiger partial charge in [0.2, 0.25) is 10.0 Å².